The number of carbonyl (C=O) groups is 1. The Balaban J connectivity index is 1.78. The third-order valence-electron chi connectivity index (χ3n) is 4.06. The highest BCUT2D eigenvalue weighted by Gasteiger charge is 2.14. The zero-order valence-electron chi connectivity index (χ0n) is 13.1. The SMILES string of the molecule is O=C(NO)c1cc(-c2ccc(-c3ccccc3)cc2)nc2[nH]ncc12. The Morgan fingerprint density at radius 1 is 0.960 bits per heavy atom. The van der Waals surface area contributed by atoms with Crippen molar-refractivity contribution in [3.63, 3.8) is 0 Å². The number of nitrogens with zero attached hydrogens (tertiary/aromatic N) is 2. The first-order valence-corrected chi connectivity index (χ1v) is 7.70. The molecule has 1 amide bonds. The van der Waals surface area contributed by atoms with Gasteiger partial charge in [-0.2, -0.15) is 5.10 Å². The molecule has 0 bridgehead atoms. The number of aromatic amines is 1. The number of H-pyrrole nitrogens is 1. The number of hydrogen-bond acceptors (Lipinski definition) is 4. The summed E-state index contributed by atoms with van der Waals surface area (Å²) in [4.78, 5) is 16.4. The second kappa shape index (κ2) is 6.18. The van der Waals surface area contributed by atoms with Crippen LogP contribution in [0.25, 0.3) is 33.4 Å². The summed E-state index contributed by atoms with van der Waals surface area (Å²) in [5.74, 6) is -0.601. The van der Waals surface area contributed by atoms with Crippen LogP contribution in [0.5, 0.6) is 0 Å². The number of hydroxylamine groups is 1. The van der Waals surface area contributed by atoms with Crippen LogP contribution in [0.2, 0.25) is 0 Å². The van der Waals surface area contributed by atoms with Crippen molar-refractivity contribution in [3.8, 4) is 22.4 Å². The molecule has 2 aromatic carbocycles. The molecule has 4 rings (SSSR count). The highest BCUT2D eigenvalue weighted by atomic mass is 16.5. The average molecular weight is 330 g/mol. The molecule has 3 N–H and O–H groups in total. The monoisotopic (exact) mass is 330 g/mol. The summed E-state index contributed by atoms with van der Waals surface area (Å²) in [7, 11) is 0. The number of amides is 1. The molecule has 0 saturated carbocycles. The first kappa shape index (κ1) is 15.0. The second-order valence-electron chi connectivity index (χ2n) is 5.57. The van der Waals surface area contributed by atoms with E-state index in [1.54, 1.807) is 11.5 Å². The number of pyridine rings is 1. The summed E-state index contributed by atoms with van der Waals surface area (Å²) in [6.45, 7) is 0. The average Bonchev–Trinajstić information content (AvgIpc) is 3.16. The van der Waals surface area contributed by atoms with Crippen molar-refractivity contribution in [3.05, 3.63) is 72.4 Å². The zero-order valence-corrected chi connectivity index (χ0v) is 13.1. The lowest BCUT2D eigenvalue weighted by molar-refractivity contribution is 0.0708. The van der Waals surface area contributed by atoms with Gasteiger partial charge in [-0.1, -0.05) is 54.6 Å². The van der Waals surface area contributed by atoms with Gasteiger partial charge in [-0.05, 0) is 17.2 Å². The molecule has 0 aliphatic heterocycles. The van der Waals surface area contributed by atoms with Crippen molar-refractivity contribution in [1.29, 1.82) is 0 Å². The highest BCUT2D eigenvalue weighted by molar-refractivity contribution is 6.05. The fourth-order valence-corrected chi connectivity index (χ4v) is 2.79. The van der Waals surface area contributed by atoms with Crippen LogP contribution in [0.15, 0.2) is 66.9 Å². The van der Waals surface area contributed by atoms with E-state index in [0.717, 1.165) is 16.7 Å². The van der Waals surface area contributed by atoms with E-state index in [-0.39, 0.29) is 0 Å². The number of rotatable bonds is 3. The van der Waals surface area contributed by atoms with E-state index in [0.29, 0.717) is 22.3 Å². The van der Waals surface area contributed by atoms with E-state index in [1.807, 2.05) is 54.6 Å². The molecule has 0 saturated heterocycles. The van der Waals surface area contributed by atoms with Crippen LogP contribution in [0.4, 0.5) is 0 Å². The van der Waals surface area contributed by atoms with Crippen LogP contribution in [-0.2, 0) is 0 Å². The quantitative estimate of drug-likeness (QED) is 0.396. The molecule has 0 unspecified atom stereocenters. The molecule has 122 valence electrons. The predicted octanol–water partition coefficient (Wildman–Crippen LogP) is 3.41. The third-order valence-corrected chi connectivity index (χ3v) is 4.06. The minimum atomic E-state index is -0.601. The van der Waals surface area contributed by atoms with Gasteiger partial charge in [0.05, 0.1) is 22.8 Å². The highest BCUT2D eigenvalue weighted by Crippen LogP contribution is 2.26. The number of nitrogens with one attached hydrogen (secondary N) is 2. The number of aromatic nitrogens is 3. The van der Waals surface area contributed by atoms with Crippen LogP contribution in [0.3, 0.4) is 0 Å². The number of carbonyl (C=O) groups excluding carboxylic acids is 1. The fraction of sp³-hybridized carbons (Fsp3) is 0. The number of fused-ring (bicyclic) bond motifs is 1. The van der Waals surface area contributed by atoms with Crippen LogP contribution >= 0.6 is 0 Å². The number of hydrogen-bond donors (Lipinski definition) is 3. The van der Waals surface area contributed by atoms with Crippen molar-refractivity contribution in [2.45, 2.75) is 0 Å². The first-order valence-electron chi connectivity index (χ1n) is 7.70. The topological polar surface area (TPSA) is 90.9 Å². The van der Waals surface area contributed by atoms with Gasteiger partial charge < -0.3 is 0 Å². The number of benzene rings is 2. The first-order chi connectivity index (χ1) is 12.3. The maximum Gasteiger partial charge on any atom is 0.275 e. The molecule has 0 fully saturated rings. The van der Waals surface area contributed by atoms with Crippen molar-refractivity contribution in [2.75, 3.05) is 0 Å². The van der Waals surface area contributed by atoms with E-state index in [2.05, 4.69) is 15.2 Å². The van der Waals surface area contributed by atoms with Gasteiger partial charge in [0.2, 0.25) is 0 Å². The Morgan fingerprint density at radius 2 is 1.64 bits per heavy atom. The molecule has 2 aromatic heterocycles. The summed E-state index contributed by atoms with van der Waals surface area (Å²) in [6.07, 6.45) is 1.51. The largest absolute Gasteiger partial charge is 0.288 e. The van der Waals surface area contributed by atoms with Gasteiger partial charge in [-0.3, -0.25) is 15.1 Å². The molecular formula is C19H14N4O2. The molecule has 6 heteroatoms. The van der Waals surface area contributed by atoms with Crippen molar-refractivity contribution >= 4 is 16.9 Å². The lowest BCUT2D eigenvalue weighted by Gasteiger charge is -2.07. The maximum absolute atomic E-state index is 11.9. The Hall–Kier alpha value is -3.51. The van der Waals surface area contributed by atoms with Crippen molar-refractivity contribution in [2.24, 2.45) is 0 Å². The van der Waals surface area contributed by atoms with E-state index >= 15 is 0 Å². The third kappa shape index (κ3) is 2.75. The molecular weight excluding hydrogens is 316 g/mol. The van der Waals surface area contributed by atoms with Gasteiger partial charge in [0.25, 0.3) is 5.91 Å². The van der Waals surface area contributed by atoms with Gasteiger partial charge in [0, 0.05) is 5.56 Å². The van der Waals surface area contributed by atoms with Crippen molar-refractivity contribution in [1.82, 2.24) is 20.7 Å². The predicted molar refractivity (Wildman–Crippen MR) is 94.0 cm³/mol. The smallest absolute Gasteiger partial charge is 0.275 e. The Kier molecular flexibility index (Phi) is 3.72. The standard InChI is InChI=1S/C19H14N4O2/c24-19(23-25)15-10-17(21-18-16(15)11-20-22-18)14-8-6-13(7-9-14)12-4-2-1-3-5-12/h1-11,25H,(H,23,24)(H,20,21,22). The molecule has 2 heterocycles. The van der Waals surface area contributed by atoms with Gasteiger partial charge in [0.15, 0.2) is 5.65 Å². The normalized spacial score (nSPS) is 10.8. The van der Waals surface area contributed by atoms with Crippen LogP contribution in [0, 0.1) is 0 Å². The van der Waals surface area contributed by atoms with E-state index < -0.39 is 5.91 Å². The fourth-order valence-electron chi connectivity index (χ4n) is 2.79. The van der Waals surface area contributed by atoms with E-state index in [9.17, 15) is 4.79 Å². The Labute approximate surface area is 143 Å². The van der Waals surface area contributed by atoms with Gasteiger partial charge in [0.1, 0.15) is 0 Å². The molecule has 0 aliphatic carbocycles. The maximum atomic E-state index is 11.9. The van der Waals surface area contributed by atoms with Crippen LogP contribution in [0.1, 0.15) is 10.4 Å². The minimum absolute atomic E-state index is 0.309. The summed E-state index contributed by atoms with van der Waals surface area (Å²) >= 11 is 0. The molecule has 25 heavy (non-hydrogen) atoms. The van der Waals surface area contributed by atoms with Crippen LogP contribution < -0.4 is 5.48 Å². The van der Waals surface area contributed by atoms with Gasteiger partial charge in [-0.25, -0.2) is 10.5 Å². The molecule has 4 aromatic rings. The lowest BCUT2D eigenvalue weighted by atomic mass is 10.0. The lowest BCUT2D eigenvalue weighted by Crippen LogP contribution is -2.19. The van der Waals surface area contributed by atoms with E-state index in [4.69, 9.17) is 5.21 Å². The summed E-state index contributed by atoms with van der Waals surface area (Å²) in [5.41, 5.74) is 6.17. The molecule has 0 radical (unpaired) electrons. The summed E-state index contributed by atoms with van der Waals surface area (Å²) < 4.78 is 0. The molecule has 0 aliphatic rings. The second-order valence-corrected chi connectivity index (χ2v) is 5.57. The van der Waals surface area contributed by atoms with Gasteiger partial charge in [-0.15, -0.1) is 0 Å². The van der Waals surface area contributed by atoms with Crippen molar-refractivity contribution < 1.29 is 10.0 Å². The molecule has 0 spiro atoms. The van der Waals surface area contributed by atoms with E-state index in [1.165, 1.54) is 6.20 Å². The summed E-state index contributed by atoms with van der Waals surface area (Å²) in [6, 6.07) is 19.6. The van der Waals surface area contributed by atoms with Crippen LogP contribution in [-0.4, -0.2) is 26.3 Å². The van der Waals surface area contributed by atoms with Gasteiger partial charge >= 0.3 is 0 Å². The Bertz CT molecular complexity index is 1040. The molecule has 0 atom stereocenters. The minimum Gasteiger partial charge on any atom is -0.288 e. The molecule has 6 nitrogen and oxygen atoms in total. The zero-order chi connectivity index (χ0) is 17.2. The summed E-state index contributed by atoms with van der Waals surface area (Å²) in [5, 5.41) is 16.2. The Morgan fingerprint density at radius 3 is 2.36 bits per heavy atom.